The molecule has 134 valence electrons. The monoisotopic (exact) mass is 348 g/mol. The predicted molar refractivity (Wildman–Crippen MR) is 86.9 cm³/mol. The van der Waals surface area contributed by atoms with Crippen molar-refractivity contribution in [2.45, 2.75) is 19.9 Å². The van der Waals surface area contributed by atoms with Crippen LogP contribution in [-0.4, -0.2) is 53.8 Å². The van der Waals surface area contributed by atoms with Crippen LogP contribution in [0.1, 0.15) is 17.5 Å². The Morgan fingerprint density at radius 3 is 2.68 bits per heavy atom. The lowest BCUT2D eigenvalue weighted by molar-refractivity contribution is -0.152. The van der Waals surface area contributed by atoms with Crippen LogP contribution in [0.2, 0.25) is 0 Å². The summed E-state index contributed by atoms with van der Waals surface area (Å²) in [6, 6.07) is 5.45. The number of carboxylic acid groups (broad SMARTS) is 1. The van der Waals surface area contributed by atoms with Crippen LogP contribution in [0.15, 0.2) is 18.2 Å². The number of ketones is 1. The fourth-order valence-electron chi connectivity index (χ4n) is 2.68. The van der Waals surface area contributed by atoms with Crippen LogP contribution in [0.25, 0.3) is 0 Å². The van der Waals surface area contributed by atoms with Crippen LogP contribution in [0.4, 0.5) is 0 Å². The second-order valence-corrected chi connectivity index (χ2v) is 5.81. The van der Waals surface area contributed by atoms with Gasteiger partial charge in [0.15, 0.2) is 11.7 Å². The Bertz CT molecular complexity index is 715. The number of carboxylic acids is 1. The summed E-state index contributed by atoms with van der Waals surface area (Å²) in [5.74, 6) is -3.98. The number of rotatable bonds is 6. The quantitative estimate of drug-likeness (QED) is 0.706. The van der Waals surface area contributed by atoms with Gasteiger partial charge in [-0.1, -0.05) is 6.07 Å². The van der Waals surface area contributed by atoms with Gasteiger partial charge in [0.2, 0.25) is 11.8 Å². The van der Waals surface area contributed by atoms with Crippen LogP contribution in [0.3, 0.4) is 0 Å². The molecule has 1 aromatic carbocycles. The average molecular weight is 348 g/mol. The molecule has 0 spiro atoms. The molecular weight excluding hydrogens is 328 g/mol. The van der Waals surface area contributed by atoms with E-state index in [1.54, 1.807) is 13.2 Å². The number of ether oxygens (including phenoxy) is 1. The second-order valence-electron chi connectivity index (χ2n) is 5.81. The SMILES string of the molecule is COc1ccc(CN2CCC(=O)C(C(=O)NCC(=O)O)C2=O)c(C)c1. The molecule has 2 amide bonds. The maximum atomic E-state index is 12.5. The normalized spacial score (nSPS) is 17.4. The number of hydrogen-bond donors (Lipinski definition) is 2. The van der Waals surface area contributed by atoms with Crippen LogP contribution in [-0.2, 0) is 25.7 Å². The summed E-state index contributed by atoms with van der Waals surface area (Å²) >= 11 is 0. The Kier molecular flexibility index (Phi) is 5.74. The zero-order valence-corrected chi connectivity index (χ0v) is 14.1. The van der Waals surface area contributed by atoms with Crippen molar-refractivity contribution in [3.05, 3.63) is 29.3 Å². The van der Waals surface area contributed by atoms with E-state index < -0.39 is 36.0 Å². The lowest BCUT2D eigenvalue weighted by atomic mass is 9.93. The summed E-state index contributed by atoms with van der Waals surface area (Å²) < 4.78 is 5.14. The topological polar surface area (TPSA) is 113 Å². The summed E-state index contributed by atoms with van der Waals surface area (Å²) in [4.78, 5) is 48.5. The van der Waals surface area contributed by atoms with Gasteiger partial charge < -0.3 is 20.1 Å². The number of nitrogens with one attached hydrogen (secondary N) is 1. The third-order valence-corrected chi connectivity index (χ3v) is 4.10. The molecular formula is C17H20N2O6. The number of aryl methyl sites for hydroxylation is 1. The van der Waals surface area contributed by atoms with Crippen LogP contribution in [0, 0.1) is 12.8 Å². The Morgan fingerprint density at radius 1 is 1.36 bits per heavy atom. The largest absolute Gasteiger partial charge is 0.497 e. The van der Waals surface area contributed by atoms with Gasteiger partial charge >= 0.3 is 5.97 Å². The van der Waals surface area contributed by atoms with E-state index >= 15 is 0 Å². The zero-order chi connectivity index (χ0) is 18.6. The second kappa shape index (κ2) is 7.78. The highest BCUT2D eigenvalue weighted by Crippen LogP contribution is 2.22. The summed E-state index contributed by atoms with van der Waals surface area (Å²) in [5, 5.41) is 10.7. The molecule has 1 saturated heterocycles. The maximum absolute atomic E-state index is 12.5. The number of likely N-dealkylation sites (tertiary alicyclic amines) is 1. The van der Waals surface area contributed by atoms with Crippen LogP contribution in [0.5, 0.6) is 5.75 Å². The lowest BCUT2D eigenvalue weighted by Gasteiger charge is -2.31. The van der Waals surface area contributed by atoms with Gasteiger partial charge in [-0.15, -0.1) is 0 Å². The highest BCUT2D eigenvalue weighted by Gasteiger charge is 2.40. The van der Waals surface area contributed by atoms with Gasteiger partial charge in [0.1, 0.15) is 12.3 Å². The molecule has 1 heterocycles. The predicted octanol–water partition coefficient (Wildman–Crippen LogP) is 0.122. The first-order valence-corrected chi connectivity index (χ1v) is 7.78. The first-order chi connectivity index (χ1) is 11.8. The molecule has 8 nitrogen and oxygen atoms in total. The summed E-state index contributed by atoms with van der Waals surface area (Å²) in [6.07, 6.45) is 0.0616. The van der Waals surface area contributed by atoms with Gasteiger partial charge in [-0.05, 0) is 30.2 Å². The highest BCUT2D eigenvalue weighted by molar-refractivity contribution is 6.19. The molecule has 0 saturated carbocycles. The van der Waals surface area contributed by atoms with E-state index in [4.69, 9.17) is 9.84 Å². The molecule has 0 radical (unpaired) electrons. The summed E-state index contributed by atoms with van der Waals surface area (Å²) in [7, 11) is 1.56. The number of aliphatic carboxylic acids is 1. The number of piperidine rings is 1. The Labute approximate surface area is 144 Å². The van der Waals surface area contributed by atoms with Gasteiger partial charge in [0.05, 0.1) is 7.11 Å². The molecule has 1 unspecified atom stereocenters. The fraction of sp³-hybridized carbons (Fsp3) is 0.412. The van der Waals surface area contributed by atoms with E-state index in [1.807, 2.05) is 19.1 Å². The molecule has 0 aliphatic carbocycles. The van der Waals surface area contributed by atoms with Crippen molar-refractivity contribution in [2.75, 3.05) is 20.2 Å². The molecule has 2 rings (SSSR count). The molecule has 25 heavy (non-hydrogen) atoms. The van der Waals surface area contributed by atoms with Crippen molar-refractivity contribution in [2.24, 2.45) is 5.92 Å². The van der Waals surface area contributed by atoms with E-state index in [9.17, 15) is 19.2 Å². The first-order valence-electron chi connectivity index (χ1n) is 7.78. The number of amides is 2. The standard InChI is InChI=1S/C17H20N2O6/c1-10-7-12(25-2)4-3-11(10)9-19-6-5-13(20)15(17(19)24)16(23)18-8-14(21)22/h3-4,7,15H,5-6,8-9H2,1-2H3,(H,18,23)(H,21,22). The smallest absolute Gasteiger partial charge is 0.322 e. The minimum atomic E-state index is -1.48. The number of Topliss-reactive ketones (excluding diaryl/α,β-unsaturated/α-hetero) is 1. The van der Waals surface area contributed by atoms with Crippen molar-refractivity contribution in [1.82, 2.24) is 10.2 Å². The molecule has 1 aliphatic rings. The minimum absolute atomic E-state index is 0.0616. The highest BCUT2D eigenvalue weighted by atomic mass is 16.5. The molecule has 1 fully saturated rings. The van der Waals surface area contributed by atoms with E-state index in [-0.39, 0.29) is 19.5 Å². The van der Waals surface area contributed by atoms with Gasteiger partial charge in [-0.2, -0.15) is 0 Å². The first kappa shape index (κ1) is 18.4. The zero-order valence-electron chi connectivity index (χ0n) is 14.1. The van der Waals surface area contributed by atoms with E-state index in [1.165, 1.54) is 4.90 Å². The molecule has 1 aliphatic heterocycles. The molecule has 0 bridgehead atoms. The molecule has 1 atom stereocenters. The van der Waals surface area contributed by atoms with Crippen LogP contribution < -0.4 is 10.1 Å². The van der Waals surface area contributed by atoms with Crippen molar-refractivity contribution in [3.63, 3.8) is 0 Å². The number of hydrogen-bond acceptors (Lipinski definition) is 5. The number of benzene rings is 1. The van der Waals surface area contributed by atoms with Crippen molar-refractivity contribution < 1.29 is 29.0 Å². The third-order valence-electron chi connectivity index (χ3n) is 4.10. The fourth-order valence-corrected chi connectivity index (χ4v) is 2.68. The van der Waals surface area contributed by atoms with Gasteiger partial charge in [-0.3, -0.25) is 19.2 Å². The van der Waals surface area contributed by atoms with E-state index in [2.05, 4.69) is 5.32 Å². The minimum Gasteiger partial charge on any atom is -0.497 e. The molecule has 0 aromatic heterocycles. The number of nitrogens with zero attached hydrogens (tertiary/aromatic N) is 1. The lowest BCUT2D eigenvalue weighted by Crippen LogP contribution is -2.52. The van der Waals surface area contributed by atoms with E-state index in [0.29, 0.717) is 5.75 Å². The van der Waals surface area contributed by atoms with Crippen molar-refractivity contribution >= 4 is 23.6 Å². The van der Waals surface area contributed by atoms with Crippen molar-refractivity contribution in [1.29, 1.82) is 0 Å². The van der Waals surface area contributed by atoms with Crippen molar-refractivity contribution in [3.8, 4) is 5.75 Å². The van der Waals surface area contributed by atoms with Crippen LogP contribution >= 0.6 is 0 Å². The number of carbonyl (C=O) groups excluding carboxylic acids is 3. The average Bonchev–Trinajstić information content (AvgIpc) is 2.57. The van der Waals surface area contributed by atoms with E-state index in [0.717, 1.165) is 11.1 Å². The molecule has 2 N–H and O–H groups in total. The van der Waals surface area contributed by atoms with Gasteiger partial charge in [0, 0.05) is 19.5 Å². The molecule has 1 aromatic rings. The number of carbonyl (C=O) groups is 4. The Hall–Kier alpha value is -2.90. The van der Waals surface area contributed by atoms with Gasteiger partial charge in [-0.25, -0.2) is 0 Å². The van der Waals surface area contributed by atoms with Gasteiger partial charge in [0.25, 0.3) is 0 Å². The third kappa shape index (κ3) is 4.34. The molecule has 8 heteroatoms. The summed E-state index contributed by atoms with van der Waals surface area (Å²) in [5.41, 5.74) is 1.81. The Morgan fingerprint density at radius 2 is 2.08 bits per heavy atom. The Balaban J connectivity index is 2.12. The summed E-state index contributed by atoms with van der Waals surface area (Å²) in [6.45, 7) is 1.75. The number of methoxy groups -OCH3 is 1. The maximum Gasteiger partial charge on any atom is 0.322 e.